The molecule has 0 atom stereocenters. The monoisotopic (exact) mass is 290 g/mol. The van der Waals surface area contributed by atoms with Crippen LogP contribution in [0.4, 0.5) is 0 Å². The highest BCUT2D eigenvalue weighted by Gasteiger charge is 2.08. The van der Waals surface area contributed by atoms with Gasteiger partial charge in [0.25, 0.3) is 0 Å². The zero-order valence-corrected chi connectivity index (χ0v) is 11.6. The van der Waals surface area contributed by atoms with E-state index in [0.717, 1.165) is 10.7 Å². The van der Waals surface area contributed by atoms with E-state index in [1.807, 2.05) is 5.38 Å². The molecule has 1 heterocycles. The van der Waals surface area contributed by atoms with E-state index in [2.05, 4.69) is 10.3 Å². The number of carbonyl (C=O) groups is 2. The number of hydrogen-bond acceptors (Lipinski definition) is 5. The van der Waals surface area contributed by atoms with Crippen molar-refractivity contribution in [2.45, 2.75) is 25.6 Å². The lowest BCUT2D eigenvalue weighted by Crippen LogP contribution is -2.27. The van der Waals surface area contributed by atoms with Gasteiger partial charge in [-0.15, -0.1) is 22.9 Å². The number of rotatable bonds is 7. The van der Waals surface area contributed by atoms with Crippen LogP contribution in [0.2, 0.25) is 0 Å². The van der Waals surface area contributed by atoms with Crippen molar-refractivity contribution in [3.63, 3.8) is 0 Å². The van der Waals surface area contributed by atoms with E-state index < -0.39 is 0 Å². The molecule has 18 heavy (non-hydrogen) atoms. The molecule has 0 aliphatic heterocycles. The normalized spacial score (nSPS) is 10.1. The van der Waals surface area contributed by atoms with Crippen LogP contribution in [-0.2, 0) is 26.6 Å². The smallest absolute Gasteiger partial charge is 0.307 e. The second-order valence-corrected chi connectivity index (χ2v) is 4.66. The minimum absolute atomic E-state index is 0.158. The van der Waals surface area contributed by atoms with Gasteiger partial charge in [-0.25, -0.2) is 4.98 Å². The van der Waals surface area contributed by atoms with Gasteiger partial charge >= 0.3 is 5.97 Å². The molecular weight excluding hydrogens is 276 g/mol. The number of alkyl halides is 1. The highest BCUT2D eigenvalue weighted by Crippen LogP contribution is 2.11. The average molecular weight is 291 g/mol. The van der Waals surface area contributed by atoms with Gasteiger partial charge in [0.2, 0.25) is 5.91 Å². The predicted octanol–water partition coefficient (Wildman–Crippen LogP) is 1.49. The van der Waals surface area contributed by atoms with Crippen LogP contribution < -0.4 is 5.32 Å². The van der Waals surface area contributed by atoms with Crippen LogP contribution in [0.25, 0.3) is 0 Å². The van der Waals surface area contributed by atoms with Crippen molar-refractivity contribution in [2.75, 3.05) is 13.2 Å². The Hall–Kier alpha value is -1.14. The molecule has 7 heteroatoms. The summed E-state index contributed by atoms with van der Waals surface area (Å²) in [5, 5.41) is 5.19. The largest absolute Gasteiger partial charge is 0.466 e. The Morgan fingerprint density at radius 2 is 2.33 bits per heavy atom. The second-order valence-electron chi connectivity index (χ2n) is 3.45. The van der Waals surface area contributed by atoms with E-state index in [4.69, 9.17) is 16.3 Å². The van der Waals surface area contributed by atoms with E-state index in [9.17, 15) is 9.59 Å². The molecule has 0 radical (unpaired) electrons. The first-order chi connectivity index (χ1) is 8.65. The Labute approximate surface area is 115 Å². The van der Waals surface area contributed by atoms with Gasteiger partial charge in [0.05, 0.1) is 31.0 Å². The van der Waals surface area contributed by atoms with Crippen molar-refractivity contribution in [3.8, 4) is 0 Å². The van der Waals surface area contributed by atoms with Crippen molar-refractivity contribution < 1.29 is 14.3 Å². The predicted molar refractivity (Wildman–Crippen MR) is 69.6 cm³/mol. The maximum Gasteiger partial charge on any atom is 0.307 e. The standard InChI is InChI=1S/C11H15ClN2O3S/c1-2-17-11(16)3-4-13-9(15)5-10-14-8(6-12)7-18-10/h7H,2-6H2,1H3,(H,13,15). The van der Waals surface area contributed by atoms with Gasteiger partial charge in [-0.05, 0) is 6.92 Å². The number of thiazole rings is 1. The highest BCUT2D eigenvalue weighted by molar-refractivity contribution is 7.09. The summed E-state index contributed by atoms with van der Waals surface area (Å²) in [4.78, 5) is 26.7. The van der Waals surface area contributed by atoms with Gasteiger partial charge in [-0.2, -0.15) is 0 Å². The fraction of sp³-hybridized carbons (Fsp3) is 0.545. The molecule has 0 fully saturated rings. The molecule has 0 aromatic carbocycles. The first-order valence-corrected chi connectivity index (χ1v) is 6.98. The van der Waals surface area contributed by atoms with Gasteiger partial charge in [-0.3, -0.25) is 9.59 Å². The number of nitrogens with zero attached hydrogens (tertiary/aromatic N) is 1. The van der Waals surface area contributed by atoms with Crippen molar-refractivity contribution in [1.82, 2.24) is 10.3 Å². The fourth-order valence-electron chi connectivity index (χ4n) is 1.23. The number of amides is 1. The number of ether oxygens (including phenoxy) is 1. The number of esters is 1. The van der Waals surface area contributed by atoms with Crippen molar-refractivity contribution in [3.05, 3.63) is 16.1 Å². The molecule has 1 rings (SSSR count). The average Bonchev–Trinajstić information content (AvgIpc) is 2.77. The number of aromatic nitrogens is 1. The first-order valence-electron chi connectivity index (χ1n) is 5.57. The van der Waals surface area contributed by atoms with Gasteiger partial charge in [0, 0.05) is 11.9 Å². The summed E-state index contributed by atoms with van der Waals surface area (Å²) in [6.07, 6.45) is 0.398. The molecule has 0 saturated carbocycles. The van der Waals surface area contributed by atoms with E-state index in [1.165, 1.54) is 11.3 Å². The summed E-state index contributed by atoms with van der Waals surface area (Å²) in [5.41, 5.74) is 0.774. The van der Waals surface area contributed by atoms with Crippen LogP contribution in [0, 0.1) is 0 Å². The van der Waals surface area contributed by atoms with Crippen LogP contribution in [0.15, 0.2) is 5.38 Å². The SMILES string of the molecule is CCOC(=O)CCNC(=O)Cc1nc(CCl)cs1. The van der Waals surface area contributed by atoms with Gasteiger partial charge in [-0.1, -0.05) is 0 Å². The molecule has 0 aliphatic carbocycles. The lowest BCUT2D eigenvalue weighted by atomic mass is 10.3. The molecular formula is C11H15ClN2O3S. The maximum absolute atomic E-state index is 11.5. The summed E-state index contributed by atoms with van der Waals surface area (Å²) in [7, 11) is 0. The van der Waals surface area contributed by atoms with Crippen LogP contribution in [-0.4, -0.2) is 30.0 Å². The molecule has 0 bridgehead atoms. The molecule has 1 amide bonds. The highest BCUT2D eigenvalue weighted by atomic mass is 35.5. The van der Waals surface area contributed by atoms with Gasteiger partial charge in [0.15, 0.2) is 0 Å². The summed E-state index contributed by atoms with van der Waals surface area (Å²) in [6, 6.07) is 0. The molecule has 100 valence electrons. The molecule has 1 aromatic rings. The Morgan fingerprint density at radius 1 is 1.56 bits per heavy atom. The van der Waals surface area contributed by atoms with Crippen molar-refractivity contribution in [1.29, 1.82) is 0 Å². The summed E-state index contributed by atoms with van der Waals surface area (Å²) in [5.74, 6) is -0.118. The molecule has 0 saturated heterocycles. The van der Waals surface area contributed by atoms with E-state index in [0.29, 0.717) is 12.5 Å². The zero-order chi connectivity index (χ0) is 13.4. The van der Waals surface area contributed by atoms with E-state index in [1.54, 1.807) is 6.92 Å². The molecule has 1 N–H and O–H groups in total. The Morgan fingerprint density at radius 3 is 2.94 bits per heavy atom. The lowest BCUT2D eigenvalue weighted by Gasteiger charge is -2.03. The molecule has 1 aromatic heterocycles. The number of nitrogens with one attached hydrogen (secondary N) is 1. The number of hydrogen-bond donors (Lipinski definition) is 1. The minimum atomic E-state index is -0.309. The minimum Gasteiger partial charge on any atom is -0.466 e. The number of carbonyl (C=O) groups excluding carboxylic acids is 2. The number of halogens is 1. The molecule has 0 spiro atoms. The maximum atomic E-state index is 11.5. The third-order valence-corrected chi connectivity index (χ3v) is 3.18. The zero-order valence-electron chi connectivity index (χ0n) is 10.1. The Kier molecular flexibility index (Phi) is 6.67. The molecule has 5 nitrogen and oxygen atoms in total. The van der Waals surface area contributed by atoms with Gasteiger partial charge < -0.3 is 10.1 Å². The Balaban J connectivity index is 2.23. The second kappa shape index (κ2) is 8.05. The molecule has 0 aliphatic rings. The summed E-state index contributed by atoms with van der Waals surface area (Å²) in [6.45, 7) is 2.38. The lowest BCUT2D eigenvalue weighted by molar-refractivity contribution is -0.143. The Bertz CT molecular complexity index is 409. The van der Waals surface area contributed by atoms with Crippen molar-refractivity contribution >= 4 is 34.8 Å². The first kappa shape index (κ1) is 14.9. The summed E-state index contributed by atoms with van der Waals surface area (Å²) < 4.78 is 4.74. The van der Waals surface area contributed by atoms with Crippen LogP contribution in [0.1, 0.15) is 24.0 Å². The van der Waals surface area contributed by atoms with Crippen LogP contribution >= 0.6 is 22.9 Å². The third kappa shape index (κ3) is 5.46. The topological polar surface area (TPSA) is 68.3 Å². The van der Waals surface area contributed by atoms with Gasteiger partial charge in [0.1, 0.15) is 5.01 Å². The quantitative estimate of drug-likeness (QED) is 0.610. The van der Waals surface area contributed by atoms with Crippen LogP contribution in [0.3, 0.4) is 0 Å². The molecule has 0 unspecified atom stereocenters. The van der Waals surface area contributed by atoms with Crippen LogP contribution in [0.5, 0.6) is 0 Å². The summed E-state index contributed by atoms with van der Waals surface area (Å²) >= 11 is 7.02. The van der Waals surface area contributed by atoms with E-state index in [-0.39, 0.29) is 31.3 Å². The van der Waals surface area contributed by atoms with Crippen molar-refractivity contribution in [2.24, 2.45) is 0 Å². The third-order valence-electron chi connectivity index (χ3n) is 2.00. The van der Waals surface area contributed by atoms with E-state index >= 15 is 0 Å². The fourth-order valence-corrected chi connectivity index (χ4v) is 2.25.